The van der Waals surface area contributed by atoms with Gasteiger partial charge in [0.05, 0.1) is 13.2 Å². The second-order valence-corrected chi connectivity index (χ2v) is 13.9. The average molecular weight is 693 g/mol. The summed E-state index contributed by atoms with van der Waals surface area (Å²) in [6.45, 7) is 3.64. The first-order valence-electron chi connectivity index (χ1n) is 19.5. The number of aliphatic hydroxyl groups excluding tert-OH is 1. The molecular weight excluding hydrogens is 619 g/mol. The zero-order chi connectivity index (χ0) is 34.5. The Morgan fingerprint density at radius 1 is 0.553 bits per heavy atom. The maximum atomic E-state index is 12.5. The highest BCUT2D eigenvalue weighted by Gasteiger charge is 2.19. The topological polar surface area (TPSA) is 118 Å². The number of ether oxygens (including phenoxy) is 2. The SMILES string of the molecule is CCCCCCCCCCCCCCCC(=O)OCC(CO[PH](=O)OOCCO)OC(=O)CCCCCCCCCCCCCCC. The minimum Gasteiger partial charge on any atom is -0.462 e. The van der Waals surface area contributed by atoms with Crippen molar-refractivity contribution in [1.29, 1.82) is 0 Å². The summed E-state index contributed by atoms with van der Waals surface area (Å²) in [7, 11) is -3.02. The molecule has 0 aliphatic heterocycles. The average Bonchev–Trinajstić information content (AvgIpc) is 3.06. The van der Waals surface area contributed by atoms with Crippen LogP contribution < -0.4 is 0 Å². The highest BCUT2D eigenvalue weighted by Crippen LogP contribution is 2.24. The van der Waals surface area contributed by atoms with Gasteiger partial charge in [-0.2, -0.15) is 4.67 Å². The maximum absolute atomic E-state index is 12.5. The zero-order valence-electron chi connectivity index (χ0n) is 30.4. The highest BCUT2D eigenvalue weighted by molar-refractivity contribution is 7.33. The van der Waals surface area contributed by atoms with Crippen molar-refractivity contribution >= 4 is 20.2 Å². The van der Waals surface area contributed by atoms with Crippen LogP contribution in [0.25, 0.3) is 0 Å². The first-order valence-corrected chi connectivity index (χ1v) is 20.7. The van der Waals surface area contributed by atoms with Crippen molar-refractivity contribution in [2.45, 2.75) is 200 Å². The van der Waals surface area contributed by atoms with E-state index in [0.29, 0.717) is 6.42 Å². The van der Waals surface area contributed by atoms with Crippen molar-refractivity contribution in [3.8, 4) is 0 Å². The Hall–Kier alpha value is -0.990. The number of unbranched alkanes of at least 4 members (excludes halogenated alkanes) is 24. The molecule has 0 spiro atoms. The van der Waals surface area contributed by atoms with Crippen LogP contribution in [0.15, 0.2) is 0 Å². The fourth-order valence-electron chi connectivity index (χ4n) is 5.51. The van der Waals surface area contributed by atoms with Crippen LogP contribution in [0.3, 0.4) is 0 Å². The van der Waals surface area contributed by atoms with Crippen LogP contribution in [-0.4, -0.2) is 49.6 Å². The minimum absolute atomic E-state index is 0.145. The number of esters is 2. The van der Waals surface area contributed by atoms with E-state index in [1.54, 1.807) is 0 Å². The van der Waals surface area contributed by atoms with Crippen LogP contribution in [0.5, 0.6) is 0 Å². The van der Waals surface area contributed by atoms with E-state index in [9.17, 15) is 14.2 Å². The summed E-state index contributed by atoms with van der Waals surface area (Å²) >= 11 is 0. The quantitative estimate of drug-likeness (QED) is 0.0222. The lowest BCUT2D eigenvalue weighted by Gasteiger charge is -2.18. The van der Waals surface area contributed by atoms with E-state index in [2.05, 4.69) is 23.4 Å². The molecule has 0 saturated carbocycles. The number of rotatable bonds is 38. The van der Waals surface area contributed by atoms with Gasteiger partial charge in [-0.15, -0.1) is 0 Å². The van der Waals surface area contributed by atoms with Gasteiger partial charge in [-0.3, -0.25) is 14.2 Å². The molecule has 0 rings (SSSR count). The van der Waals surface area contributed by atoms with Gasteiger partial charge < -0.3 is 19.1 Å². The van der Waals surface area contributed by atoms with Crippen LogP contribution in [0.4, 0.5) is 0 Å². The molecular formula is C37H73O9P. The van der Waals surface area contributed by atoms with Gasteiger partial charge in [-0.25, -0.2) is 4.89 Å². The lowest BCUT2D eigenvalue weighted by atomic mass is 10.0. The Bertz CT molecular complexity index is 707. The predicted octanol–water partition coefficient (Wildman–Crippen LogP) is 10.8. The molecule has 0 aliphatic rings. The number of hydrogen-bond donors (Lipinski definition) is 1. The second kappa shape index (κ2) is 37.8. The molecule has 10 heteroatoms. The minimum atomic E-state index is -3.02. The van der Waals surface area contributed by atoms with Crippen molar-refractivity contribution in [1.82, 2.24) is 0 Å². The third kappa shape index (κ3) is 36.1. The van der Waals surface area contributed by atoms with Crippen molar-refractivity contribution in [2.75, 3.05) is 26.4 Å². The van der Waals surface area contributed by atoms with Crippen molar-refractivity contribution in [3.63, 3.8) is 0 Å². The lowest BCUT2D eigenvalue weighted by molar-refractivity contribution is -0.215. The fraction of sp³-hybridized carbons (Fsp3) is 0.946. The molecule has 0 fully saturated rings. The summed E-state index contributed by atoms with van der Waals surface area (Å²) in [4.78, 5) is 29.4. The van der Waals surface area contributed by atoms with Crippen molar-refractivity contribution in [3.05, 3.63) is 0 Å². The predicted molar refractivity (Wildman–Crippen MR) is 191 cm³/mol. The third-order valence-electron chi connectivity index (χ3n) is 8.39. The Kier molecular flexibility index (Phi) is 37.0. The van der Waals surface area contributed by atoms with Crippen molar-refractivity contribution in [2.24, 2.45) is 0 Å². The number of carbonyl (C=O) groups excluding carboxylic acids is 2. The Morgan fingerprint density at radius 2 is 0.936 bits per heavy atom. The summed E-state index contributed by atoms with van der Waals surface area (Å²) in [6.07, 6.45) is 31.6. The summed E-state index contributed by atoms with van der Waals surface area (Å²) in [5.74, 6) is -0.743. The van der Waals surface area contributed by atoms with E-state index in [0.717, 1.165) is 38.5 Å². The monoisotopic (exact) mass is 692 g/mol. The van der Waals surface area contributed by atoms with Crippen LogP contribution in [0.1, 0.15) is 194 Å². The van der Waals surface area contributed by atoms with E-state index in [1.165, 1.54) is 128 Å². The summed E-state index contributed by atoms with van der Waals surface area (Å²) in [6, 6.07) is 0. The Morgan fingerprint density at radius 3 is 1.34 bits per heavy atom. The molecule has 0 bridgehead atoms. The van der Waals surface area contributed by atoms with Gasteiger partial charge in [-0.1, -0.05) is 168 Å². The molecule has 0 aromatic rings. The van der Waals surface area contributed by atoms with Gasteiger partial charge in [0.2, 0.25) is 0 Å². The molecule has 0 amide bonds. The summed E-state index contributed by atoms with van der Waals surface area (Å²) < 4.78 is 32.5. The largest absolute Gasteiger partial charge is 0.462 e. The van der Waals surface area contributed by atoms with Crippen molar-refractivity contribution < 1.29 is 42.8 Å². The molecule has 0 aromatic heterocycles. The van der Waals surface area contributed by atoms with Crippen LogP contribution in [-0.2, 0) is 37.7 Å². The first-order chi connectivity index (χ1) is 23.0. The molecule has 47 heavy (non-hydrogen) atoms. The third-order valence-corrected chi connectivity index (χ3v) is 9.04. The van der Waals surface area contributed by atoms with E-state index in [-0.39, 0.29) is 38.8 Å². The van der Waals surface area contributed by atoms with E-state index < -0.39 is 20.3 Å². The molecule has 0 heterocycles. The van der Waals surface area contributed by atoms with Crippen LogP contribution in [0, 0.1) is 0 Å². The summed E-state index contributed by atoms with van der Waals surface area (Å²) in [5.41, 5.74) is 0. The zero-order valence-corrected chi connectivity index (χ0v) is 31.4. The molecule has 9 nitrogen and oxygen atoms in total. The Balaban J connectivity index is 4.12. The summed E-state index contributed by atoms with van der Waals surface area (Å²) in [5, 5.41) is 8.74. The maximum Gasteiger partial charge on any atom is 0.347 e. The molecule has 1 N–H and O–H groups in total. The first kappa shape index (κ1) is 46.0. The number of aliphatic hydroxyl groups is 1. The van der Waals surface area contributed by atoms with Gasteiger partial charge in [0.1, 0.15) is 13.2 Å². The lowest BCUT2D eigenvalue weighted by Crippen LogP contribution is -2.29. The van der Waals surface area contributed by atoms with Gasteiger partial charge in [0, 0.05) is 12.8 Å². The van der Waals surface area contributed by atoms with E-state index >= 15 is 0 Å². The normalized spacial score (nSPS) is 12.7. The highest BCUT2D eigenvalue weighted by atomic mass is 31.1. The van der Waals surface area contributed by atoms with E-state index in [4.69, 9.17) is 19.1 Å². The van der Waals surface area contributed by atoms with E-state index in [1.807, 2.05) is 0 Å². The van der Waals surface area contributed by atoms with Crippen LogP contribution >= 0.6 is 8.25 Å². The molecule has 2 unspecified atom stereocenters. The second-order valence-electron chi connectivity index (χ2n) is 13.0. The molecule has 0 aliphatic carbocycles. The molecule has 2 atom stereocenters. The van der Waals surface area contributed by atoms with Gasteiger partial charge in [0.15, 0.2) is 6.10 Å². The van der Waals surface area contributed by atoms with Gasteiger partial charge >= 0.3 is 20.2 Å². The molecule has 0 saturated heterocycles. The fourth-order valence-corrected chi connectivity index (χ4v) is 6.05. The standard InChI is InChI=1S/C37H73O9P/c1-3-5-7-9-11-13-15-17-19-21-23-25-27-29-36(39)42-33-35(34-44-47(41)46-43-32-31-38)45-37(40)30-28-26-24-22-20-18-16-14-12-10-8-6-4-2/h35,38,47H,3-34H2,1-2H3. The van der Waals surface area contributed by atoms with Gasteiger partial charge in [-0.05, 0) is 12.8 Å². The smallest absolute Gasteiger partial charge is 0.347 e. The molecule has 0 aromatic carbocycles. The number of hydrogen-bond acceptors (Lipinski definition) is 9. The van der Waals surface area contributed by atoms with Crippen LogP contribution in [0.2, 0.25) is 0 Å². The van der Waals surface area contributed by atoms with Gasteiger partial charge in [0.25, 0.3) is 0 Å². The number of carbonyl (C=O) groups is 2. The molecule has 280 valence electrons. The Labute approximate surface area is 288 Å². The molecule has 0 radical (unpaired) electrons.